The lowest BCUT2D eigenvalue weighted by atomic mass is 10.1. The van der Waals surface area contributed by atoms with Crippen LogP contribution < -0.4 is 0 Å². The van der Waals surface area contributed by atoms with Gasteiger partial charge in [-0.1, -0.05) is 13.0 Å². The fourth-order valence-corrected chi connectivity index (χ4v) is 1.49. The third kappa shape index (κ3) is 1.35. The molecular formula is C11H11NO. The Morgan fingerprint density at radius 3 is 2.92 bits per heavy atom. The van der Waals surface area contributed by atoms with E-state index in [0.29, 0.717) is 5.69 Å². The van der Waals surface area contributed by atoms with Crippen molar-refractivity contribution in [3.8, 4) is 0 Å². The average molecular weight is 173 g/mol. The van der Waals surface area contributed by atoms with Crippen molar-refractivity contribution >= 4 is 17.2 Å². The second kappa shape index (κ2) is 3.05. The zero-order valence-electron chi connectivity index (χ0n) is 7.50. The van der Waals surface area contributed by atoms with Crippen LogP contribution in [0.1, 0.15) is 23.0 Å². The predicted molar refractivity (Wildman–Crippen MR) is 53.1 cm³/mol. The minimum Gasteiger partial charge on any atom is -0.352 e. The molecule has 2 aromatic rings. The molecule has 0 aliphatic carbocycles. The van der Waals surface area contributed by atoms with Crippen LogP contribution in [0.3, 0.4) is 0 Å². The van der Waals surface area contributed by atoms with Gasteiger partial charge in [-0.15, -0.1) is 0 Å². The fraction of sp³-hybridized carbons (Fsp3) is 0.182. The van der Waals surface area contributed by atoms with E-state index in [4.69, 9.17) is 0 Å². The number of hydrogen-bond acceptors (Lipinski definition) is 1. The number of aromatic amines is 1. The van der Waals surface area contributed by atoms with E-state index in [9.17, 15) is 4.79 Å². The quantitative estimate of drug-likeness (QED) is 0.695. The molecule has 0 aliphatic rings. The maximum absolute atomic E-state index is 10.5. The molecule has 0 atom stereocenters. The number of nitrogens with one attached hydrogen (secondary N) is 1. The first kappa shape index (κ1) is 8.05. The van der Waals surface area contributed by atoms with Gasteiger partial charge in [0, 0.05) is 10.9 Å². The molecule has 0 saturated heterocycles. The number of aldehydes is 1. The first-order chi connectivity index (χ1) is 6.33. The van der Waals surface area contributed by atoms with Crippen LogP contribution in [-0.4, -0.2) is 11.3 Å². The van der Waals surface area contributed by atoms with E-state index in [1.54, 1.807) is 0 Å². The van der Waals surface area contributed by atoms with Crippen molar-refractivity contribution in [2.75, 3.05) is 0 Å². The van der Waals surface area contributed by atoms with Crippen molar-refractivity contribution in [3.63, 3.8) is 0 Å². The maximum atomic E-state index is 10.5. The lowest BCUT2D eigenvalue weighted by Gasteiger charge is -1.94. The van der Waals surface area contributed by atoms with Gasteiger partial charge < -0.3 is 4.98 Å². The minimum atomic E-state index is 0.642. The first-order valence-electron chi connectivity index (χ1n) is 4.40. The van der Waals surface area contributed by atoms with Crippen molar-refractivity contribution in [3.05, 3.63) is 35.5 Å². The van der Waals surface area contributed by atoms with E-state index < -0.39 is 0 Å². The molecule has 1 N–H and O–H groups in total. The largest absolute Gasteiger partial charge is 0.352 e. The molecule has 13 heavy (non-hydrogen) atoms. The molecule has 2 nitrogen and oxygen atoms in total. The van der Waals surface area contributed by atoms with Gasteiger partial charge in [0.15, 0.2) is 6.29 Å². The number of aromatic nitrogens is 1. The molecule has 66 valence electrons. The summed E-state index contributed by atoms with van der Waals surface area (Å²) in [7, 11) is 0. The van der Waals surface area contributed by atoms with Gasteiger partial charge in [0.05, 0.1) is 5.69 Å². The van der Waals surface area contributed by atoms with Crippen molar-refractivity contribution in [2.45, 2.75) is 13.3 Å². The summed E-state index contributed by atoms with van der Waals surface area (Å²) in [5.74, 6) is 0. The molecule has 0 amide bonds. The van der Waals surface area contributed by atoms with E-state index in [-0.39, 0.29) is 0 Å². The van der Waals surface area contributed by atoms with Crippen molar-refractivity contribution < 1.29 is 4.79 Å². The van der Waals surface area contributed by atoms with Crippen LogP contribution in [0.25, 0.3) is 10.9 Å². The molecular weight excluding hydrogens is 162 g/mol. The third-order valence-corrected chi connectivity index (χ3v) is 2.24. The summed E-state index contributed by atoms with van der Waals surface area (Å²) in [5.41, 5.74) is 2.96. The number of fused-ring (bicyclic) bond motifs is 1. The van der Waals surface area contributed by atoms with E-state index in [1.165, 1.54) is 5.56 Å². The van der Waals surface area contributed by atoms with Crippen LogP contribution in [0.4, 0.5) is 0 Å². The molecule has 1 aromatic carbocycles. The van der Waals surface area contributed by atoms with Gasteiger partial charge in [-0.2, -0.15) is 0 Å². The van der Waals surface area contributed by atoms with Crippen LogP contribution in [-0.2, 0) is 6.42 Å². The molecule has 0 radical (unpaired) electrons. The molecule has 2 heteroatoms. The Labute approximate surface area is 76.6 Å². The highest BCUT2D eigenvalue weighted by atomic mass is 16.1. The van der Waals surface area contributed by atoms with Crippen molar-refractivity contribution in [1.82, 2.24) is 4.98 Å². The molecule has 0 fully saturated rings. The summed E-state index contributed by atoms with van der Waals surface area (Å²) < 4.78 is 0. The molecule has 2 rings (SSSR count). The maximum Gasteiger partial charge on any atom is 0.166 e. The number of benzene rings is 1. The van der Waals surface area contributed by atoms with Crippen LogP contribution in [0.5, 0.6) is 0 Å². The lowest BCUT2D eigenvalue weighted by Crippen LogP contribution is -1.77. The Morgan fingerprint density at radius 2 is 2.23 bits per heavy atom. The summed E-state index contributed by atoms with van der Waals surface area (Å²) in [6.07, 6.45) is 1.86. The number of hydrogen-bond donors (Lipinski definition) is 1. The minimum absolute atomic E-state index is 0.642. The number of carbonyl (C=O) groups is 1. The normalized spacial score (nSPS) is 10.5. The number of carbonyl (C=O) groups excluding carboxylic acids is 1. The predicted octanol–water partition coefficient (Wildman–Crippen LogP) is 2.54. The zero-order valence-corrected chi connectivity index (χ0v) is 7.50. The van der Waals surface area contributed by atoms with E-state index in [0.717, 1.165) is 23.6 Å². The van der Waals surface area contributed by atoms with Crippen LogP contribution >= 0.6 is 0 Å². The highest BCUT2D eigenvalue weighted by Crippen LogP contribution is 2.16. The summed E-state index contributed by atoms with van der Waals surface area (Å²) in [6.45, 7) is 2.12. The van der Waals surface area contributed by atoms with Gasteiger partial charge in [0.2, 0.25) is 0 Å². The summed E-state index contributed by atoms with van der Waals surface area (Å²) in [6, 6.07) is 8.08. The number of rotatable bonds is 2. The highest BCUT2D eigenvalue weighted by Gasteiger charge is 1.99. The van der Waals surface area contributed by atoms with Gasteiger partial charge >= 0.3 is 0 Å². The molecule has 0 saturated carbocycles. The highest BCUT2D eigenvalue weighted by molar-refractivity contribution is 5.88. The van der Waals surface area contributed by atoms with Gasteiger partial charge in [-0.3, -0.25) is 4.79 Å². The molecule has 1 aromatic heterocycles. The second-order valence-electron chi connectivity index (χ2n) is 3.12. The Kier molecular flexibility index (Phi) is 1.89. The molecule has 0 spiro atoms. The smallest absolute Gasteiger partial charge is 0.166 e. The Bertz CT molecular complexity index is 442. The molecule has 0 unspecified atom stereocenters. The van der Waals surface area contributed by atoms with Crippen LogP contribution in [0.15, 0.2) is 24.3 Å². The third-order valence-electron chi connectivity index (χ3n) is 2.24. The van der Waals surface area contributed by atoms with E-state index in [1.807, 2.05) is 12.1 Å². The lowest BCUT2D eigenvalue weighted by molar-refractivity contribution is 0.112. The summed E-state index contributed by atoms with van der Waals surface area (Å²) in [5, 5.41) is 1.11. The molecule has 0 aliphatic heterocycles. The zero-order chi connectivity index (χ0) is 9.26. The Morgan fingerprint density at radius 1 is 1.38 bits per heavy atom. The fourth-order valence-electron chi connectivity index (χ4n) is 1.49. The summed E-state index contributed by atoms with van der Waals surface area (Å²) >= 11 is 0. The van der Waals surface area contributed by atoms with Gasteiger partial charge in [0.1, 0.15) is 0 Å². The van der Waals surface area contributed by atoms with Crippen LogP contribution in [0, 0.1) is 0 Å². The number of H-pyrrole nitrogens is 1. The number of aryl methyl sites for hydroxylation is 1. The SMILES string of the molecule is CCc1ccc2[nH]c(C=O)cc2c1. The standard InChI is InChI=1S/C11H11NO/c1-2-8-3-4-11-9(5-8)6-10(7-13)12-11/h3-7,12H,2H2,1H3. The van der Waals surface area contributed by atoms with Crippen molar-refractivity contribution in [1.29, 1.82) is 0 Å². The van der Waals surface area contributed by atoms with E-state index >= 15 is 0 Å². The monoisotopic (exact) mass is 173 g/mol. The Hall–Kier alpha value is -1.57. The van der Waals surface area contributed by atoms with Crippen molar-refractivity contribution in [2.24, 2.45) is 0 Å². The Balaban J connectivity index is 2.63. The molecule has 0 bridgehead atoms. The van der Waals surface area contributed by atoms with Crippen LogP contribution in [0.2, 0.25) is 0 Å². The van der Waals surface area contributed by atoms with Gasteiger partial charge in [-0.25, -0.2) is 0 Å². The van der Waals surface area contributed by atoms with Gasteiger partial charge in [0.25, 0.3) is 0 Å². The average Bonchev–Trinajstić information content (AvgIpc) is 2.58. The summed E-state index contributed by atoms with van der Waals surface area (Å²) in [4.78, 5) is 13.5. The topological polar surface area (TPSA) is 32.9 Å². The van der Waals surface area contributed by atoms with E-state index in [2.05, 4.69) is 24.0 Å². The van der Waals surface area contributed by atoms with Gasteiger partial charge in [-0.05, 0) is 30.2 Å². The second-order valence-corrected chi connectivity index (χ2v) is 3.12. The first-order valence-corrected chi connectivity index (χ1v) is 4.40. The molecule has 1 heterocycles.